The molecule has 0 fully saturated rings. The van der Waals surface area contributed by atoms with Gasteiger partial charge in [-0.2, -0.15) is 0 Å². The van der Waals surface area contributed by atoms with Crippen LogP contribution < -0.4 is 0 Å². The smallest absolute Gasteiger partial charge is 0.122 e. The van der Waals surface area contributed by atoms with Crippen molar-refractivity contribution in [2.45, 2.75) is 13.8 Å². The van der Waals surface area contributed by atoms with Gasteiger partial charge < -0.3 is 4.84 Å². The third-order valence-corrected chi connectivity index (χ3v) is 2.90. The van der Waals surface area contributed by atoms with E-state index in [-0.39, 0.29) is 0 Å². The number of allylic oxidation sites excluding steroid dienone is 3. The molecule has 1 aliphatic heterocycles. The normalized spacial score (nSPS) is 17.7. The first-order chi connectivity index (χ1) is 5.70. The predicted octanol–water partition coefficient (Wildman–Crippen LogP) is 3.16. The molecule has 0 amide bonds. The quantitative estimate of drug-likeness (QED) is 0.573. The summed E-state index contributed by atoms with van der Waals surface area (Å²) >= 11 is 6.80. The molecule has 0 aromatic carbocycles. The van der Waals surface area contributed by atoms with Gasteiger partial charge >= 0.3 is 0 Å². The lowest BCUT2D eigenvalue weighted by Crippen LogP contribution is -2.23. The summed E-state index contributed by atoms with van der Waals surface area (Å²) in [5, 5.41) is 2.68. The number of hydroxylamine groups is 2. The van der Waals surface area contributed by atoms with Gasteiger partial charge in [0, 0.05) is 5.33 Å². The van der Waals surface area contributed by atoms with Crippen LogP contribution in [-0.2, 0) is 4.84 Å². The average Bonchev–Trinajstić information content (AvgIpc) is 2.06. The van der Waals surface area contributed by atoms with Crippen LogP contribution in [0.2, 0.25) is 0 Å². The van der Waals surface area contributed by atoms with Crippen molar-refractivity contribution in [3.8, 4) is 0 Å². The number of hydrogen-bond donors (Lipinski definition) is 0. The standard InChI is InChI=1S/C8H11Br2NO/c1-6-4-12-11(5-10)7(2)8(6)3-9/h4H,3,5H2,1-2H3. The van der Waals surface area contributed by atoms with Crippen molar-refractivity contribution < 1.29 is 4.84 Å². The molecule has 1 aliphatic rings. The molecule has 0 N–H and O–H groups in total. The molecule has 2 nitrogen and oxygen atoms in total. The zero-order valence-electron chi connectivity index (χ0n) is 7.10. The zero-order valence-corrected chi connectivity index (χ0v) is 10.3. The van der Waals surface area contributed by atoms with E-state index in [1.807, 2.05) is 18.9 Å². The van der Waals surface area contributed by atoms with E-state index in [4.69, 9.17) is 4.84 Å². The second-order valence-electron chi connectivity index (χ2n) is 2.60. The Morgan fingerprint density at radius 3 is 2.58 bits per heavy atom. The van der Waals surface area contributed by atoms with E-state index in [0.717, 1.165) is 11.0 Å². The maximum absolute atomic E-state index is 5.33. The Morgan fingerprint density at radius 2 is 2.08 bits per heavy atom. The summed E-state index contributed by atoms with van der Waals surface area (Å²) in [6, 6.07) is 0. The second kappa shape index (κ2) is 4.33. The number of rotatable bonds is 2. The van der Waals surface area contributed by atoms with E-state index in [1.54, 1.807) is 6.26 Å². The number of nitrogens with zero attached hydrogens (tertiary/aromatic N) is 1. The molecule has 12 heavy (non-hydrogen) atoms. The number of hydrogen-bond acceptors (Lipinski definition) is 2. The largest absolute Gasteiger partial charge is 0.387 e. The van der Waals surface area contributed by atoms with Gasteiger partial charge in [-0.05, 0) is 25.0 Å². The summed E-state index contributed by atoms with van der Waals surface area (Å²) in [6.45, 7) is 4.10. The minimum Gasteiger partial charge on any atom is -0.387 e. The summed E-state index contributed by atoms with van der Waals surface area (Å²) in [5.74, 6) is 0. The lowest BCUT2D eigenvalue weighted by atomic mass is 10.1. The Balaban J connectivity index is 2.92. The fraction of sp³-hybridized carbons (Fsp3) is 0.500. The number of alkyl halides is 2. The molecule has 0 saturated carbocycles. The molecule has 68 valence electrons. The Kier molecular flexibility index (Phi) is 3.65. The summed E-state index contributed by atoms with van der Waals surface area (Å²) in [5.41, 5.74) is 4.32. The van der Waals surface area contributed by atoms with E-state index in [1.165, 1.54) is 11.1 Å². The molecule has 4 heteroatoms. The molecule has 0 spiro atoms. The monoisotopic (exact) mass is 295 g/mol. The Bertz CT molecular complexity index is 235. The molecule has 1 rings (SSSR count). The third kappa shape index (κ3) is 1.85. The highest BCUT2D eigenvalue weighted by atomic mass is 79.9. The Morgan fingerprint density at radius 1 is 1.42 bits per heavy atom. The van der Waals surface area contributed by atoms with Gasteiger partial charge in [-0.1, -0.05) is 31.9 Å². The average molecular weight is 297 g/mol. The van der Waals surface area contributed by atoms with Crippen molar-refractivity contribution in [3.05, 3.63) is 23.1 Å². The van der Waals surface area contributed by atoms with E-state index in [9.17, 15) is 0 Å². The zero-order chi connectivity index (χ0) is 9.14. The van der Waals surface area contributed by atoms with Crippen molar-refractivity contribution in [1.29, 1.82) is 0 Å². The van der Waals surface area contributed by atoms with Gasteiger partial charge in [-0.15, -0.1) is 0 Å². The van der Waals surface area contributed by atoms with Gasteiger partial charge in [-0.3, -0.25) is 0 Å². The van der Waals surface area contributed by atoms with Crippen LogP contribution in [0, 0.1) is 0 Å². The van der Waals surface area contributed by atoms with Crippen molar-refractivity contribution in [2.75, 3.05) is 10.8 Å². The molecule has 0 unspecified atom stereocenters. The molecule has 0 radical (unpaired) electrons. The molecular weight excluding hydrogens is 286 g/mol. The van der Waals surface area contributed by atoms with Gasteiger partial charge in [-0.25, -0.2) is 5.06 Å². The van der Waals surface area contributed by atoms with Gasteiger partial charge in [0.2, 0.25) is 0 Å². The highest BCUT2D eigenvalue weighted by Gasteiger charge is 2.15. The fourth-order valence-electron chi connectivity index (χ4n) is 1.05. The van der Waals surface area contributed by atoms with Gasteiger partial charge in [0.05, 0.1) is 5.70 Å². The lowest BCUT2D eigenvalue weighted by Gasteiger charge is -2.27. The molecule has 0 bridgehead atoms. The van der Waals surface area contributed by atoms with Crippen molar-refractivity contribution >= 4 is 31.9 Å². The molecule has 0 aromatic heterocycles. The molecule has 0 aliphatic carbocycles. The minimum atomic E-state index is 0.694. The maximum atomic E-state index is 5.33. The van der Waals surface area contributed by atoms with Crippen LogP contribution in [0.3, 0.4) is 0 Å². The van der Waals surface area contributed by atoms with Crippen molar-refractivity contribution in [1.82, 2.24) is 5.06 Å². The number of halogens is 2. The van der Waals surface area contributed by atoms with Gasteiger partial charge in [0.1, 0.15) is 11.7 Å². The SMILES string of the molecule is CC1=CON(CBr)C(C)=C1CBr. The van der Waals surface area contributed by atoms with Gasteiger partial charge in [0.25, 0.3) is 0 Å². The topological polar surface area (TPSA) is 12.5 Å². The summed E-state index contributed by atoms with van der Waals surface area (Å²) in [4.78, 5) is 5.33. The molecule has 1 heterocycles. The summed E-state index contributed by atoms with van der Waals surface area (Å²) in [7, 11) is 0. The molecule has 0 atom stereocenters. The van der Waals surface area contributed by atoms with Crippen LogP contribution in [0.1, 0.15) is 13.8 Å². The summed E-state index contributed by atoms with van der Waals surface area (Å²) < 4.78 is 0. The van der Waals surface area contributed by atoms with Crippen molar-refractivity contribution in [2.24, 2.45) is 0 Å². The Labute approximate surface area is 89.5 Å². The third-order valence-electron chi connectivity index (χ3n) is 1.89. The van der Waals surface area contributed by atoms with Crippen LogP contribution in [0.5, 0.6) is 0 Å². The van der Waals surface area contributed by atoms with Crippen molar-refractivity contribution in [3.63, 3.8) is 0 Å². The van der Waals surface area contributed by atoms with Crippen LogP contribution in [0.25, 0.3) is 0 Å². The lowest BCUT2D eigenvalue weighted by molar-refractivity contribution is -0.0562. The molecule has 0 aromatic rings. The van der Waals surface area contributed by atoms with E-state index >= 15 is 0 Å². The first-order valence-corrected chi connectivity index (χ1v) is 5.88. The summed E-state index contributed by atoms with van der Waals surface area (Å²) in [6.07, 6.45) is 1.77. The van der Waals surface area contributed by atoms with Crippen LogP contribution in [0.4, 0.5) is 0 Å². The highest BCUT2D eigenvalue weighted by Crippen LogP contribution is 2.25. The maximum Gasteiger partial charge on any atom is 0.122 e. The first kappa shape index (κ1) is 10.1. The van der Waals surface area contributed by atoms with E-state index in [0.29, 0.717) is 5.45 Å². The van der Waals surface area contributed by atoms with Crippen LogP contribution in [0.15, 0.2) is 23.1 Å². The minimum absolute atomic E-state index is 0.694. The van der Waals surface area contributed by atoms with Crippen LogP contribution in [-0.4, -0.2) is 15.8 Å². The van der Waals surface area contributed by atoms with Gasteiger partial charge in [0.15, 0.2) is 0 Å². The highest BCUT2D eigenvalue weighted by molar-refractivity contribution is 9.09. The fourth-order valence-corrected chi connectivity index (χ4v) is 2.39. The molecule has 0 saturated heterocycles. The Hall–Kier alpha value is 0.0400. The van der Waals surface area contributed by atoms with Crippen LogP contribution >= 0.6 is 31.9 Å². The predicted molar refractivity (Wildman–Crippen MR) is 57.0 cm³/mol. The van der Waals surface area contributed by atoms with E-state index < -0.39 is 0 Å². The second-order valence-corrected chi connectivity index (χ2v) is 3.66. The first-order valence-electron chi connectivity index (χ1n) is 3.63. The molecular formula is C8H11Br2NO. The van der Waals surface area contributed by atoms with E-state index in [2.05, 4.69) is 31.9 Å².